The molecule has 2 aliphatic rings. The Hall–Kier alpha value is -3.68. The maximum absolute atomic E-state index is 13.0. The highest BCUT2D eigenvalue weighted by Gasteiger charge is 2.42. The average Bonchev–Trinajstić information content (AvgIpc) is 2.80. The zero-order valence-corrected chi connectivity index (χ0v) is 18.1. The Morgan fingerprint density at radius 1 is 1.19 bits per heavy atom. The van der Waals surface area contributed by atoms with E-state index >= 15 is 0 Å². The van der Waals surface area contributed by atoms with Gasteiger partial charge in [0.1, 0.15) is 0 Å². The molecule has 1 aromatic carbocycles. The summed E-state index contributed by atoms with van der Waals surface area (Å²) in [6, 6.07) is 10.3. The van der Waals surface area contributed by atoms with Gasteiger partial charge in [0.2, 0.25) is 17.7 Å². The van der Waals surface area contributed by atoms with E-state index in [1.165, 1.54) is 5.01 Å². The molecule has 1 aliphatic carbocycles. The van der Waals surface area contributed by atoms with Gasteiger partial charge in [-0.2, -0.15) is 0 Å². The van der Waals surface area contributed by atoms with Crippen LogP contribution in [0.4, 0.5) is 5.69 Å². The van der Waals surface area contributed by atoms with Gasteiger partial charge in [-0.05, 0) is 50.5 Å². The second-order valence-corrected chi connectivity index (χ2v) is 8.21. The van der Waals surface area contributed by atoms with Gasteiger partial charge in [0, 0.05) is 24.4 Å². The van der Waals surface area contributed by atoms with Crippen LogP contribution in [-0.2, 0) is 16.1 Å². The molecule has 0 bridgehead atoms. The number of ether oxygens (including phenoxy) is 1. The number of amides is 3. The van der Waals surface area contributed by atoms with Crippen molar-refractivity contribution >= 4 is 23.4 Å². The molecule has 1 aliphatic heterocycles. The molecule has 2 N–H and O–H groups in total. The second kappa shape index (κ2) is 9.21. The van der Waals surface area contributed by atoms with Crippen LogP contribution >= 0.6 is 0 Å². The smallest absolute Gasteiger partial charge is 0.251 e. The number of nitrogens with one attached hydrogen (secondary N) is 2. The van der Waals surface area contributed by atoms with E-state index < -0.39 is 0 Å². The molecule has 1 fully saturated rings. The molecule has 3 amide bonds. The van der Waals surface area contributed by atoms with E-state index in [1.54, 1.807) is 36.5 Å². The van der Waals surface area contributed by atoms with E-state index in [9.17, 15) is 14.4 Å². The van der Waals surface area contributed by atoms with Crippen LogP contribution in [0.5, 0.6) is 5.88 Å². The zero-order valence-electron chi connectivity index (χ0n) is 18.1. The molecular formula is C24H26N4O4. The third-order valence-electron chi connectivity index (χ3n) is 5.50. The number of carbonyl (C=O) groups is 3. The number of hydrazine groups is 1. The van der Waals surface area contributed by atoms with Gasteiger partial charge < -0.3 is 10.1 Å². The van der Waals surface area contributed by atoms with Crippen LogP contribution < -0.4 is 20.5 Å². The SMILES string of the molecule is CC(C)Oc1ccc(CNC(=O)c2cccc(N3NC(=O)C4CC=CCC4C3=O)c2)cn1. The van der Waals surface area contributed by atoms with Crippen molar-refractivity contribution in [2.75, 3.05) is 5.01 Å². The normalized spacial score (nSPS) is 20.0. The number of aromatic nitrogens is 1. The summed E-state index contributed by atoms with van der Waals surface area (Å²) in [5.41, 5.74) is 4.37. The largest absolute Gasteiger partial charge is 0.475 e. The molecule has 1 aromatic heterocycles. The summed E-state index contributed by atoms with van der Waals surface area (Å²) in [5.74, 6) is -0.796. The highest BCUT2D eigenvalue weighted by Crippen LogP contribution is 2.32. The quantitative estimate of drug-likeness (QED) is 0.681. The van der Waals surface area contributed by atoms with E-state index in [4.69, 9.17) is 4.74 Å². The Kier molecular flexibility index (Phi) is 6.20. The highest BCUT2D eigenvalue weighted by molar-refractivity contribution is 6.05. The van der Waals surface area contributed by atoms with Crippen LogP contribution in [0.2, 0.25) is 0 Å². The van der Waals surface area contributed by atoms with Gasteiger partial charge in [-0.15, -0.1) is 0 Å². The zero-order chi connectivity index (χ0) is 22.7. The molecule has 8 nitrogen and oxygen atoms in total. The second-order valence-electron chi connectivity index (χ2n) is 8.21. The van der Waals surface area contributed by atoms with Crippen LogP contribution in [0.15, 0.2) is 54.7 Å². The third kappa shape index (κ3) is 4.64. The summed E-state index contributed by atoms with van der Waals surface area (Å²) in [5, 5.41) is 4.11. The van der Waals surface area contributed by atoms with Gasteiger partial charge in [0.25, 0.3) is 5.91 Å². The molecule has 2 atom stereocenters. The van der Waals surface area contributed by atoms with E-state index in [-0.39, 0.29) is 35.7 Å². The average molecular weight is 434 g/mol. The Bertz CT molecular complexity index is 1050. The van der Waals surface area contributed by atoms with Crippen molar-refractivity contribution in [2.24, 2.45) is 11.8 Å². The fourth-order valence-corrected chi connectivity index (χ4v) is 3.88. The Morgan fingerprint density at radius 3 is 2.69 bits per heavy atom. The van der Waals surface area contributed by atoms with E-state index in [1.807, 2.05) is 32.1 Å². The van der Waals surface area contributed by atoms with E-state index in [2.05, 4.69) is 15.7 Å². The molecule has 2 unspecified atom stereocenters. The van der Waals surface area contributed by atoms with Crippen molar-refractivity contribution in [3.8, 4) is 5.88 Å². The molecule has 166 valence electrons. The van der Waals surface area contributed by atoms with Crippen LogP contribution in [-0.4, -0.2) is 28.8 Å². The minimum Gasteiger partial charge on any atom is -0.475 e. The number of hydrogen-bond acceptors (Lipinski definition) is 5. The molecule has 1 saturated heterocycles. The van der Waals surface area contributed by atoms with Gasteiger partial charge in [0.05, 0.1) is 23.6 Å². The first-order chi connectivity index (χ1) is 15.4. The fourth-order valence-electron chi connectivity index (χ4n) is 3.88. The standard InChI is InChI=1S/C24H26N4O4/c1-15(2)32-21-11-10-16(13-25-21)14-26-22(29)17-6-5-7-18(12-17)28-24(31)20-9-4-3-8-19(20)23(30)27-28/h3-7,10-13,15,19-20H,8-9,14H2,1-2H3,(H,26,29)(H,27,30). The van der Waals surface area contributed by atoms with Gasteiger partial charge in [-0.3, -0.25) is 19.8 Å². The lowest BCUT2D eigenvalue weighted by Crippen LogP contribution is -2.59. The molecule has 4 rings (SSSR count). The molecule has 0 saturated carbocycles. The predicted molar refractivity (Wildman–Crippen MR) is 119 cm³/mol. The monoisotopic (exact) mass is 434 g/mol. The summed E-state index contributed by atoms with van der Waals surface area (Å²) >= 11 is 0. The number of nitrogens with zero attached hydrogens (tertiary/aromatic N) is 2. The van der Waals surface area contributed by atoms with Crippen molar-refractivity contribution in [3.05, 3.63) is 65.9 Å². The summed E-state index contributed by atoms with van der Waals surface area (Å²) in [6.07, 6.45) is 6.69. The lowest BCUT2D eigenvalue weighted by atomic mass is 9.80. The number of hydrogen-bond donors (Lipinski definition) is 2. The number of carbonyl (C=O) groups excluding carboxylic acids is 3. The van der Waals surface area contributed by atoms with Crippen molar-refractivity contribution in [1.82, 2.24) is 15.7 Å². The maximum atomic E-state index is 13.0. The number of allylic oxidation sites excluding steroid dienone is 2. The lowest BCUT2D eigenvalue weighted by molar-refractivity contribution is -0.139. The molecule has 2 heterocycles. The first kappa shape index (κ1) is 21.5. The van der Waals surface area contributed by atoms with Gasteiger partial charge in [0.15, 0.2) is 0 Å². The van der Waals surface area contributed by atoms with Crippen molar-refractivity contribution in [2.45, 2.75) is 39.3 Å². The maximum Gasteiger partial charge on any atom is 0.251 e. The van der Waals surface area contributed by atoms with E-state index in [0.29, 0.717) is 36.5 Å². The molecule has 0 radical (unpaired) electrons. The molecular weight excluding hydrogens is 408 g/mol. The van der Waals surface area contributed by atoms with Crippen LogP contribution in [0, 0.1) is 11.8 Å². The van der Waals surface area contributed by atoms with Gasteiger partial charge >= 0.3 is 0 Å². The first-order valence-electron chi connectivity index (χ1n) is 10.7. The van der Waals surface area contributed by atoms with E-state index in [0.717, 1.165) is 5.56 Å². The van der Waals surface area contributed by atoms with Crippen LogP contribution in [0.3, 0.4) is 0 Å². The topological polar surface area (TPSA) is 101 Å². The summed E-state index contributed by atoms with van der Waals surface area (Å²) in [4.78, 5) is 42.4. The lowest BCUT2D eigenvalue weighted by Gasteiger charge is -2.38. The molecule has 32 heavy (non-hydrogen) atoms. The minimum absolute atomic E-state index is 0.0392. The number of benzene rings is 1. The Balaban J connectivity index is 1.42. The minimum atomic E-state index is -0.374. The summed E-state index contributed by atoms with van der Waals surface area (Å²) in [6.45, 7) is 4.15. The Morgan fingerprint density at radius 2 is 1.97 bits per heavy atom. The number of anilines is 1. The molecule has 0 spiro atoms. The Labute approximate surface area is 186 Å². The summed E-state index contributed by atoms with van der Waals surface area (Å²) < 4.78 is 5.52. The highest BCUT2D eigenvalue weighted by atomic mass is 16.5. The number of fused-ring (bicyclic) bond motifs is 1. The molecule has 8 heteroatoms. The van der Waals surface area contributed by atoms with Crippen molar-refractivity contribution in [3.63, 3.8) is 0 Å². The van der Waals surface area contributed by atoms with Crippen molar-refractivity contribution in [1.29, 1.82) is 0 Å². The predicted octanol–water partition coefficient (Wildman–Crippen LogP) is 2.76. The van der Waals surface area contributed by atoms with Crippen LogP contribution in [0.25, 0.3) is 0 Å². The number of rotatable bonds is 6. The van der Waals surface area contributed by atoms with Gasteiger partial charge in [-0.25, -0.2) is 9.99 Å². The number of pyridine rings is 1. The first-order valence-corrected chi connectivity index (χ1v) is 10.7. The molecule has 2 aromatic rings. The summed E-state index contributed by atoms with van der Waals surface area (Å²) in [7, 11) is 0. The fraction of sp³-hybridized carbons (Fsp3) is 0.333. The van der Waals surface area contributed by atoms with Crippen LogP contribution in [0.1, 0.15) is 42.6 Å². The van der Waals surface area contributed by atoms with Gasteiger partial charge in [-0.1, -0.05) is 24.3 Å². The van der Waals surface area contributed by atoms with Crippen molar-refractivity contribution < 1.29 is 19.1 Å². The third-order valence-corrected chi connectivity index (χ3v) is 5.50.